The third-order valence-corrected chi connectivity index (χ3v) is 3.53. The number of anilines is 1. The van der Waals surface area contributed by atoms with Crippen LogP contribution in [0.2, 0.25) is 0 Å². The van der Waals surface area contributed by atoms with Gasteiger partial charge in [-0.25, -0.2) is 0 Å². The molecule has 0 bridgehead atoms. The van der Waals surface area contributed by atoms with Gasteiger partial charge in [0, 0.05) is 23.9 Å². The van der Waals surface area contributed by atoms with Gasteiger partial charge in [0.05, 0.1) is 14.2 Å². The van der Waals surface area contributed by atoms with Crippen molar-refractivity contribution in [3.8, 4) is 17.2 Å². The number of carbonyl (C=O) groups is 1. The van der Waals surface area contributed by atoms with Crippen molar-refractivity contribution in [1.82, 2.24) is 0 Å². The second-order valence-corrected chi connectivity index (χ2v) is 5.63. The van der Waals surface area contributed by atoms with Gasteiger partial charge in [-0.3, -0.25) is 4.79 Å². The lowest BCUT2D eigenvalue weighted by atomic mass is 10.0. The summed E-state index contributed by atoms with van der Waals surface area (Å²) in [5.41, 5.74) is 1.67. The number of rotatable bonds is 7. The summed E-state index contributed by atoms with van der Waals surface area (Å²) >= 11 is 0. The zero-order chi connectivity index (χ0) is 17.5. The number of methoxy groups -OCH3 is 2. The average molecular weight is 329 g/mol. The second-order valence-electron chi connectivity index (χ2n) is 5.63. The Labute approximate surface area is 142 Å². The van der Waals surface area contributed by atoms with Crippen LogP contribution in [0.5, 0.6) is 17.2 Å². The fraction of sp³-hybridized carbons (Fsp3) is 0.316. The van der Waals surface area contributed by atoms with E-state index >= 15 is 0 Å². The van der Waals surface area contributed by atoms with Gasteiger partial charge in [-0.2, -0.15) is 0 Å². The highest BCUT2D eigenvalue weighted by atomic mass is 16.5. The van der Waals surface area contributed by atoms with Crippen molar-refractivity contribution >= 4 is 11.6 Å². The van der Waals surface area contributed by atoms with E-state index in [2.05, 4.69) is 19.2 Å². The van der Waals surface area contributed by atoms with Gasteiger partial charge < -0.3 is 19.5 Å². The maximum Gasteiger partial charge on any atom is 0.262 e. The van der Waals surface area contributed by atoms with Crippen molar-refractivity contribution in [1.29, 1.82) is 0 Å². The van der Waals surface area contributed by atoms with Gasteiger partial charge in [0.1, 0.15) is 17.2 Å². The Morgan fingerprint density at radius 2 is 1.67 bits per heavy atom. The van der Waals surface area contributed by atoms with Crippen molar-refractivity contribution < 1.29 is 19.0 Å². The molecule has 0 saturated carbocycles. The van der Waals surface area contributed by atoms with Gasteiger partial charge in [0.25, 0.3) is 5.91 Å². The Morgan fingerprint density at radius 1 is 1.04 bits per heavy atom. The van der Waals surface area contributed by atoms with Crippen molar-refractivity contribution in [2.24, 2.45) is 0 Å². The second kappa shape index (κ2) is 8.24. The van der Waals surface area contributed by atoms with Crippen LogP contribution in [0.3, 0.4) is 0 Å². The van der Waals surface area contributed by atoms with Gasteiger partial charge in [-0.15, -0.1) is 0 Å². The Kier molecular flexibility index (Phi) is 6.07. The molecule has 5 nitrogen and oxygen atoms in total. The first-order valence-corrected chi connectivity index (χ1v) is 7.78. The number of hydrogen-bond acceptors (Lipinski definition) is 4. The van der Waals surface area contributed by atoms with Crippen molar-refractivity contribution in [3.05, 3.63) is 48.0 Å². The molecule has 0 aromatic heterocycles. The van der Waals surface area contributed by atoms with Gasteiger partial charge in [0.2, 0.25) is 0 Å². The monoisotopic (exact) mass is 329 g/mol. The Morgan fingerprint density at radius 3 is 2.25 bits per heavy atom. The largest absolute Gasteiger partial charge is 0.497 e. The Hall–Kier alpha value is -2.69. The lowest BCUT2D eigenvalue weighted by molar-refractivity contribution is -0.118. The molecule has 2 aromatic carbocycles. The van der Waals surface area contributed by atoms with E-state index in [-0.39, 0.29) is 12.5 Å². The Bertz CT molecular complexity index is 675. The minimum absolute atomic E-state index is 0.0662. The number of carbonyl (C=O) groups excluding carboxylic acids is 1. The van der Waals surface area contributed by atoms with Crippen LogP contribution < -0.4 is 19.5 Å². The van der Waals surface area contributed by atoms with E-state index < -0.39 is 0 Å². The molecule has 0 spiro atoms. The van der Waals surface area contributed by atoms with E-state index in [0.717, 1.165) is 11.3 Å². The van der Waals surface area contributed by atoms with Crippen LogP contribution >= 0.6 is 0 Å². The molecule has 0 aliphatic carbocycles. The summed E-state index contributed by atoms with van der Waals surface area (Å²) in [6, 6.07) is 12.9. The maximum absolute atomic E-state index is 12.1. The third kappa shape index (κ3) is 4.65. The highest BCUT2D eigenvalue weighted by Gasteiger charge is 2.10. The van der Waals surface area contributed by atoms with E-state index in [1.165, 1.54) is 0 Å². The SMILES string of the molecule is COc1cc(NC(=O)COc2ccccc2C(C)C)cc(OC)c1. The molecule has 0 atom stereocenters. The highest BCUT2D eigenvalue weighted by Crippen LogP contribution is 2.27. The summed E-state index contributed by atoms with van der Waals surface area (Å²) in [4.78, 5) is 12.1. The molecular formula is C19H23NO4. The number of benzene rings is 2. The number of nitrogens with one attached hydrogen (secondary N) is 1. The number of para-hydroxylation sites is 1. The van der Waals surface area contributed by atoms with Crippen LogP contribution in [0.4, 0.5) is 5.69 Å². The molecule has 0 aliphatic heterocycles. The van der Waals surface area contributed by atoms with E-state index in [9.17, 15) is 4.79 Å². The molecule has 24 heavy (non-hydrogen) atoms. The topological polar surface area (TPSA) is 56.8 Å². The van der Waals surface area contributed by atoms with Crippen LogP contribution in [0.15, 0.2) is 42.5 Å². The van der Waals surface area contributed by atoms with Crippen molar-refractivity contribution in [3.63, 3.8) is 0 Å². The number of amides is 1. The average Bonchev–Trinajstić information content (AvgIpc) is 2.59. The first-order chi connectivity index (χ1) is 11.5. The molecule has 5 heteroatoms. The predicted octanol–water partition coefficient (Wildman–Crippen LogP) is 3.84. The summed E-state index contributed by atoms with van der Waals surface area (Å²) in [6.45, 7) is 4.11. The van der Waals surface area contributed by atoms with Crippen LogP contribution in [0, 0.1) is 0 Å². The van der Waals surface area contributed by atoms with Crippen molar-refractivity contribution in [2.45, 2.75) is 19.8 Å². The summed E-state index contributed by atoms with van der Waals surface area (Å²) < 4.78 is 16.0. The zero-order valence-electron chi connectivity index (χ0n) is 14.5. The molecule has 0 saturated heterocycles. The van der Waals surface area contributed by atoms with Crippen LogP contribution in [-0.2, 0) is 4.79 Å². The summed E-state index contributed by atoms with van der Waals surface area (Å²) in [5.74, 6) is 2.02. The van der Waals surface area contributed by atoms with Crippen molar-refractivity contribution in [2.75, 3.05) is 26.1 Å². The molecule has 0 heterocycles. The lowest BCUT2D eigenvalue weighted by Crippen LogP contribution is -2.20. The highest BCUT2D eigenvalue weighted by molar-refractivity contribution is 5.92. The molecule has 0 unspecified atom stereocenters. The summed E-state index contributed by atoms with van der Waals surface area (Å²) in [6.07, 6.45) is 0. The van der Waals surface area contributed by atoms with E-state index in [0.29, 0.717) is 23.1 Å². The number of ether oxygens (including phenoxy) is 3. The van der Waals surface area contributed by atoms with Crippen LogP contribution in [0.1, 0.15) is 25.3 Å². The molecule has 2 rings (SSSR count). The smallest absolute Gasteiger partial charge is 0.262 e. The predicted molar refractivity (Wildman–Crippen MR) is 94.2 cm³/mol. The minimum atomic E-state index is -0.246. The van der Waals surface area contributed by atoms with E-state index in [1.54, 1.807) is 32.4 Å². The molecule has 1 amide bonds. The molecule has 0 radical (unpaired) electrons. The van der Waals surface area contributed by atoms with Gasteiger partial charge in [0.15, 0.2) is 6.61 Å². The molecule has 0 fully saturated rings. The molecule has 0 aliphatic rings. The quantitative estimate of drug-likeness (QED) is 0.838. The number of hydrogen-bond donors (Lipinski definition) is 1. The van der Waals surface area contributed by atoms with Crippen LogP contribution in [0.25, 0.3) is 0 Å². The van der Waals surface area contributed by atoms with Gasteiger partial charge >= 0.3 is 0 Å². The van der Waals surface area contributed by atoms with Crippen LogP contribution in [-0.4, -0.2) is 26.7 Å². The molecule has 128 valence electrons. The van der Waals surface area contributed by atoms with Gasteiger partial charge in [-0.1, -0.05) is 32.0 Å². The van der Waals surface area contributed by atoms with Gasteiger partial charge in [-0.05, 0) is 17.5 Å². The third-order valence-electron chi connectivity index (χ3n) is 3.53. The lowest BCUT2D eigenvalue weighted by Gasteiger charge is -2.14. The summed E-state index contributed by atoms with van der Waals surface area (Å²) in [7, 11) is 3.12. The first kappa shape index (κ1) is 17.7. The zero-order valence-corrected chi connectivity index (χ0v) is 14.5. The molecule has 1 N–H and O–H groups in total. The normalized spacial score (nSPS) is 10.4. The summed E-state index contributed by atoms with van der Waals surface area (Å²) in [5, 5.41) is 2.79. The molecular weight excluding hydrogens is 306 g/mol. The first-order valence-electron chi connectivity index (χ1n) is 7.78. The Balaban J connectivity index is 2.02. The van der Waals surface area contributed by atoms with E-state index in [1.807, 2.05) is 24.3 Å². The maximum atomic E-state index is 12.1. The van der Waals surface area contributed by atoms with E-state index in [4.69, 9.17) is 14.2 Å². The fourth-order valence-corrected chi connectivity index (χ4v) is 2.31. The minimum Gasteiger partial charge on any atom is -0.497 e. The molecule has 2 aromatic rings. The fourth-order valence-electron chi connectivity index (χ4n) is 2.31. The standard InChI is InChI=1S/C19H23NO4/c1-13(2)17-7-5-6-8-18(17)24-12-19(21)20-14-9-15(22-3)11-16(10-14)23-4/h5-11,13H,12H2,1-4H3,(H,20,21).